The second kappa shape index (κ2) is 4.02. The van der Waals surface area contributed by atoms with E-state index in [-0.39, 0.29) is 12.2 Å². The lowest BCUT2D eigenvalue weighted by atomic mass is 10.1. The van der Waals surface area contributed by atoms with Crippen molar-refractivity contribution in [3.05, 3.63) is 48.3 Å². The van der Waals surface area contributed by atoms with E-state index in [1.807, 2.05) is 0 Å². The van der Waals surface area contributed by atoms with E-state index >= 15 is 0 Å². The molecule has 0 heterocycles. The van der Waals surface area contributed by atoms with Gasteiger partial charge in [0.2, 0.25) is 0 Å². The van der Waals surface area contributed by atoms with Crippen molar-refractivity contribution in [2.24, 2.45) is 0 Å². The molecule has 12 heavy (non-hydrogen) atoms. The van der Waals surface area contributed by atoms with Gasteiger partial charge in [0.25, 0.3) is 0 Å². The van der Waals surface area contributed by atoms with Crippen LogP contribution in [0.4, 0.5) is 4.39 Å². The minimum absolute atomic E-state index is 0.279. The van der Waals surface area contributed by atoms with E-state index in [1.54, 1.807) is 18.2 Å². The Bertz CT molecular complexity index is 270. The molecule has 0 fully saturated rings. The Kier molecular flexibility index (Phi) is 3.00. The minimum atomic E-state index is -0.665. The molecule has 1 unspecified atom stereocenters. The maximum atomic E-state index is 12.9. The van der Waals surface area contributed by atoms with Crippen molar-refractivity contribution in [2.45, 2.75) is 12.5 Å². The van der Waals surface area contributed by atoms with Crippen LogP contribution in [0, 0.1) is 5.82 Å². The first-order valence-electron chi connectivity index (χ1n) is 3.78. The Labute approximate surface area is 71.2 Å². The van der Waals surface area contributed by atoms with Crippen molar-refractivity contribution in [3.63, 3.8) is 0 Å². The van der Waals surface area contributed by atoms with Crippen molar-refractivity contribution in [2.75, 3.05) is 0 Å². The van der Waals surface area contributed by atoms with Crippen LogP contribution in [0.25, 0.3) is 0 Å². The molecule has 0 aliphatic carbocycles. The molecule has 0 aromatic heterocycles. The molecule has 1 aromatic rings. The van der Waals surface area contributed by atoms with Gasteiger partial charge in [0, 0.05) is 6.42 Å². The predicted molar refractivity (Wildman–Crippen MR) is 46.3 cm³/mol. The van der Waals surface area contributed by atoms with Gasteiger partial charge in [0.15, 0.2) is 0 Å². The van der Waals surface area contributed by atoms with Crippen molar-refractivity contribution < 1.29 is 9.50 Å². The van der Waals surface area contributed by atoms with Gasteiger partial charge >= 0.3 is 0 Å². The van der Waals surface area contributed by atoms with Gasteiger partial charge in [-0.25, -0.2) is 4.39 Å². The fraction of sp³-hybridized carbons (Fsp3) is 0.200. The van der Waals surface area contributed by atoms with Crippen LogP contribution >= 0.6 is 0 Å². The van der Waals surface area contributed by atoms with E-state index in [2.05, 4.69) is 6.58 Å². The number of aliphatic hydroxyl groups is 1. The van der Waals surface area contributed by atoms with Crippen molar-refractivity contribution in [3.8, 4) is 0 Å². The Hall–Kier alpha value is -1.15. The summed E-state index contributed by atoms with van der Waals surface area (Å²) in [7, 11) is 0. The summed E-state index contributed by atoms with van der Waals surface area (Å²) in [6.07, 6.45) is 1.02. The SMILES string of the molecule is C=CC(O)Cc1ccccc1F. The topological polar surface area (TPSA) is 20.2 Å². The summed E-state index contributed by atoms with van der Waals surface area (Å²) in [5, 5.41) is 9.15. The zero-order chi connectivity index (χ0) is 8.97. The molecular formula is C10H11FO. The van der Waals surface area contributed by atoms with E-state index in [9.17, 15) is 4.39 Å². The molecule has 0 bridgehead atoms. The van der Waals surface area contributed by atoms with Crippen LogP contribution < -0.4 is 0 Å². The molecule has 0 saturated carbocycles. The van der Waals surface area contributed by atoms with E-state index in [1.165, 1.54) is 12.1 Å². The molecule has 1 nitrogen and oxygen atoms in total. The monoisotopic (exact) mass is 166 g/mol. The fourth-order valence-corrected chi connectivity index (χ4v) is 0.973. The van der Waals surface area contributed by atoms with Gasteiger partial charge in [-0.3, -0.25) is 0 Å². The van der Waals surface area contributed by atoms with E-state index in [0.29, 0.717) is 5.56 Å². The highest BCUT2D eigenvalue weighted by atomic mass is 19.1. The molecule has 1 rings (SSSR count). The lowest BCUT2D eigenvalue weighted by Crippen LogP contribution is -2.07. The molecule has 64 valence electrons. The average molecular weight is 166 g/mol. The summed E-state index contributed by atoms with van der Waals surface area (Å²) in [5.74, 6) is -0.279. The average Bonchev–Trinajstić information content (AvgIpc) is 2.09. The third-order valence-corrected chi connectivity index (χ3v) is 1.66. The number of benzene rings is 1. The van der Waals surface area contributed by atoms with Crippen LogP contribution in [0.2, 0.25) is 0 Å². The predicted octanol–water partition coefficient (Wildman–Crippen LogP) is 1.92. The highest BCUT2D eigenvalue weighted by molar-refractivity contribution is 5.18. The molecule has 0 saturated heterocycles. The zero-order valence-corrected chi connectivity index (χ0v) is 6.70. The molecule has 0 spiro atoms. The first kappa shape index (κ1) is 8.94. The number of aliphatic hydroxyl groups excluding tert-OH is 1. The van der Waals surface area contributed by atoms with Gasteiger partial charge in [-0.15, -0.1) is 6.58 Å². The second-order valence-electron chi connectivity index (χ2n) is 2.60. The van der Waals surface area contributed by atoms with Gasteiger partial charge in [-0.05, 0) is 11.6 Å². The quantitative estimate of drug-likeness (QED) is 0.680. The Morgan fingerprint density at radius 2 is 2.17 bits per heavy atom. The normalized spacial score (nSPS) is 12.5. The molecular weight excluding hydrogens is 155 g/mol. The number of halogens is 1. The molecule has 0 amide bonds. The second-order valence-corrected chi connectivity index (χ2v) is 2.60. The molecule has 2 heteroatoms. The minimum Gasteiger partial charge on any atom is -0.389 e. The van der Waals surface area contributed by atoms with E-state index < -0.39 is 6.10 Å². The maximum Gasteiger partial charge on any atom is 0.126 e. The standard InChI is InChI=1S/C10H11FO/c1-2-9(12)7-8-5-3-4-6-10(8)11/h2-6,9,12H,1,7H2. The number of rotatable bonds is 3. The summed E-state index contributed by atoms with van der Waals surface area (Å²) in [6.45, 7) is 3.41. The third kappa shape index (κ3) is 2.17. The Morgan fingerprint density at radius 1 is 1.50 bits per heavy atom. The van der Waals surface area contributed by atoms with E-state index in [4.69, 9.17) is 5.11 Å². The summed E-state index contributed by atoms with van der Waals surface area (Å²) in [5.41, 5.74) is 0.518. The van der Waals surface area contributed by atoms with Gasteiger partial charge in [0.1, 0.15) is 5.82 Å². The molecule has 1 N–H and O–H groups in total. The summed E-state index contributed by atoms with van der Waals surface area (Å²) < 4.78 is 12.9. The molecule has 0 radical (unpaired) electrons. The van der Waals surface area contributed by atoms with Crippen LogP contribution in [0.5, 0.6) is 0 Å². The van der Waals surface area contributed by atoms with Crippen molar-refractivity contribution >= 4 is 0 Å². The summed E-state index contributed by atoms with van der Waals surface area (Å²) in [6, 6.07) is 6.40. The first-order valence-corrected chi connectivity index (χ1v) is 3.78. The van der Waals surface area contributed by atoms with Crippen LogP contribution in [0.3, 0.4) is 0 Å². The van der Waals surface area contributed by atoms with Crippen LogP contribution in [0.1, 0.15) is 5.56 Å². The fourth-order valence-electron chi connectivity index (χ4n) is 0.973. The van der Waals surface area contributed by atoms with Crippen LogP contribution in [-0.2, 0) is 6.42 Å². The maximum absolute atomic E-state index is 12.9. The van der Waals surface area contributed by atoms with Crippen molar-refractivity contribution in [1.29, 1.82) is 0 Å². The molecule has 0 aliphatic rings. The number of hydrogen-bond donors (Lipinski definition) is 1. The van der Waals surface area contributed by atoms with Crippen LogP contribution in [0.15, 0.2) is 36.9 Å². The lowest BCUT2D eigenvalue weighted by Gasteiger charge is -2.05. The highest BCUT2D eigenvalue weighted by Gasteiger charge is 2.04. The van der Waals surface area contributed by atoms with Crippen molar-refractivity contribution in [1.82, 2.24) is 0 Å². The molecule has 0 aliphatic heterocycles. The van der Waals surface area contributed by atoms with Gasteiger partial charge < -0.3 is 5.11 Å². The van der Waals surface area contributed by atoms with Gasteiger partial charge in [0.05, 0.1) is 6.10 Å². The lowest BCUT2D eigenvalue weighted by molar-refractivity contribution is 0.223. The Balaban J connectivity index is 2.75. The third-order valence-electron chi connectivity index (χ3n) is 1.66. The summed E-state index contributed by atoms with van der Waals surface area (Å²) >= 11 is 0. The van der Waals surface area contributed by atoms with Gasteiger partial charge in [-0.2, -0.15) is 0 Å². The van der Waals surface area contributed by atoms with Crippen LogP contribution in [-0.4, -0.2) is 11.2 Å². The zero-order valence-electron chi connectivity index (χ0n) is 6.70. The molecule has 1 aromatic carbocycles. The first-order chi connectivity index (χ1) is 5.74. The highest BCUT2D eigenvalue weighted by Crippen LogP contribution is 2.09. The van der Waals surface area contributed by atoms with E-state index in [0.717, 1.165) is 0 Å². The molecule has 1 atom stereocenters. The smallest absolute Gasteiger partial charge is 0.126 e. The number of hydrogen-bond acceptors (Lipinski definition) is 1. The van der Waals surface area contributed by atoms with Gasteiger partial charge in [-0.1, -0.05) is 24.3 Å². The Morgan fingerprint density at radius 3 is 2.75 bits per heavy atom. The summed E-state index contributed by atoms with van der Waals surface area (Å²) in [4.78, 5) is 0. The largest absolute Gasteiger partial charge is 0.389 e.